The fraction of sp³-hybridized carbons (Fsp3) is 0.469. The lowest BCUT2D eigenvalue weighted by Gasteiger charge is -2.38. The average molecular weight is 596 g/mol. The van der Waals surface area contributed by atoms with E-state index in [9.17, 15) is 13.2 Å². The van der Waals surface area contributed by atoms with Gasteiger partial charge in [0.05, 0.1) is 4.90 Å². The van der Waals surface area contributed by atoms with E-state index >= 15 is 0 Å². The van der Waals surface area contributed by atoms with Crippen LogP contribution in [0.15, 0.2) is 82.4 Å². The second kappa shape index (κ2) is 14.0. The third kappa shape index (κ3) is 8.19. The minimum Gasteiger partial charge on any atom is -0.445 e. The lowest BCUT2D eigenvalue weighted by Crippen LogP contribution is -2.48. The molecule has 220 valence electrons. The van der Waals surface area contributed by atoms with Gasteiger partial charge in [0.1, 0.15) is 6.61 Å². The lowest BCUT2D eigenvalue weighted by molar-refractivity contribution is 0.0580. The summed E-state index contributed by atoms with van der Waals surface area (Å²) in [5.41, 5.74) is 2.20. The molecule has 1 amide bonds. The van der Waals surface area contributed by atoms with Gasteiger partial charge in [-0.3, -0.25) is 0 Å². The number of rotatable bonds is 13. The number of carbonyl (C=O) groups is 1. The molecule has 1 atom stereocenters. The molecular weight excluding hydrogens is 555 g/mol. The Balaban J connectivity index is 1.15. The summed E-state index contributed by atoms with van der Waals surface area (Å²) < 4.78 is 33.6. The van der Waals surface area contributed by atoms with E-state index in [0.29, 0.717) is 24.0 Å². The van der Waals surface area contributed by atoms with E-state index < -0.39 is 10.0 Å². The molecule has 0 radical (unpaired) electrons. The predicted molar refractivity (Wildman–Crippen MR) is 163 cm³/mol. The Morgan fingerprint density at radius 1 is 1.00 bits per heavy atom. The predicted octanol–water partition coefficient (Wildman–Crippen LogP) is 6.06. The van der Waals surface area contributed by atoms with Crippen LogP contribution in [-0.4, -0.2) is 74.4 Å². The molecule has 5 rings (SSSR count). The number of ether oxygens (including phenoxy) is 1. The first-order chi connectivity index (χ1) is 19.9. The Morgan fingerprint density at radius 2 is 1.68 bits per heavy atom. The van der Waals surface area contributed by atoms with E-state index in [0.717, 1.165) is 51.0 Å². The van der Waals surface area contributed by atoms with Crippen LogP contribution >= 0.6 is 11.3 Å². The molecule has 0 bridgehead atoms. The number of amides is 1. The molecule has 2 aromatic carbocycles. The number of benzene rings is 2. The largest absolute Gasteiger partial charge is 0.445 e. The minimum atomic E-state index is -3.55. The highest BCUT2D eigenvalue weighted by Gasteiger charge is 2.34. The number of hydrogen-bond donors (Lipinski definition) is 0. The Kier molecular flexibility index (Phi) is 10.1. The molecule has 1 aromatic heterocycles. The highest BCUT2D eigenvalue weighted by atomic mass is 32.2. The molecule has 2 fully saturated rings. The van der Waals surface area contributed by atoms with Crippen LogP contribution in [0, 0.1) is 5.92 Å². The normalized spacial score (nSPS) is 17.4. The summed E-state index contributed by atoms with van der Waals surface area (Å²) in [6.07, 6.45) is 4.93. The number of piperidine rings is 1. The van der Waals surface area contributed by atoms with Crippen molar-refractivity contribution in [2.24, 2.45) is 5.92 Å². The van der Waals surface area contributed by atoms with Crippen molar-refractivity contribution in [2.75, 3.05) is 39.8 Å². The van der Waals surface area contributed by atoms with Gasteiger partial charge in [0.25, 0.3) is 0 Å². The molecule has 0 spiro atoms. The fourth-order valence-corrected chi connectivity index (χ4v) is 7.58. The average Bonchev–Trinajstić information content (AvgIpc) is 3.67. The maximum atomic E-state index is 13.2. The smallest absolute Gasteiger partial charge is 0.410 e. The Hall–Kier alpha value is -2.72. The molecule has 2 heterocycles. The number of nitrogens with zero attached hydrogens (tertiary/aromatic N) is 3. The minimum absolute atomic E-state index is 0.113. The van der Waals surface area contributed by atoms with Gasteiger partial charge in [-0.2, -0.15) is 11.3 Å². The third-order valence-corrected chi connectivity index (χ3v) is 10.9. The van der Waals surface area contributed by atoms with Crippen molar-refractivity contribution < 1.29 is 17.9 Å². The number of likely N-dealkylation sites (tertiary alicyclic amines) is 1. The van der Waals surface area contributed by atoms with Crippen LogP contribution in [0.2, 0.25) is 0 Å². The summed E-state index contributed by atoms with van der Waals surface area (Å²) in [7, 11) is -1.87. The summed E-state index contributed by atoms with van der Waals surface area (Å²) in [6.45, 7) is 4.28. The van der Waals surface area contributed by atoms with Crippen molar-refractivity contribution in [3.8, 4) is 0 Å². The molecule has 1 unspecified atom stereocenters. The summed E-state index contributed by atoms with van der Waals surface area (Å²) >= 11 is 1.65. The van der Waals surface area contributed by atoms with Crippen molar-refractivity contribution in [1.82, 2.24) is 14.1 Å². The fourth-order valence-electron chi connectivity index (χ4n) is 5.60. The van der Waals surface area contributed by atoms with Crippen molar-refractivity contribution >= 4 is 27.5 Å². The van der Waals surface area contributed by atoms with Crippen molar-refractivity contribution in [1.29, 1.82) is 0 Å². The second-order valence-corrected chi connectivity index (χ2v) is 14.2. The van der Waals surface area contributed by atoms with Gasteiger partial charge in [0.15, 0.2) is 0 Å². The molecule has 3 aromatic rings. The van der Waals surface area contributed by atoms with Crippen LogP contribution in [0.4, 0.5) is 4.79 Å². The number of sulfonamides is 1. The summed E-state index contributed by atoms with van der Waals surface area (Å²) in [5.74, 6) is 0.717. The van der Waals surface area contributed by atoms with Gasteiger partial charge >= 0.3 is 6.09 Å². The maximum Gasteiger partial charge on any atom is 0.410 e. The van der Waals surface area contributed by atoms with Crippen LogP contribution in [0.1, 0.15) is 49.1 Å². The maximum absolute atomic E-state index is 13.2. The highest BCUT2D eigenvalue weighted by Crippen LogP contribution is 2.32. The van der Waals surface area contributed by atoms with Crippen LogP contribution in [0.3, 0.4) is 0 Å². The number of thiophene rings is 1. The molecule has 0 N–H and O–H groups in total. The molecule has 1 aliphatic carbocycles. The van der Waals surface area contributed by atoms with E-state index in [1.54, 1.807) is 42.6 Å². The Labute approximate surface area is 248 Å². The van der Waals surface area contributed by atoms with Gasteiger partial charge in [0.2, 0.25) is 10.0 Å². The highest BCUT2D eigenvalue weighted by molar-refractivity contribution is 7.89. The summed E-state index contributed by atoms with van der Waals surface area (Å²) in [6, 6.07) is 20.8. The van der Waals surface area contributed by atoms with Crippen LogP contribution < -0.4 is 0 Å². The first-order valence-electron chi connectivity index (χ1n) is 14.6. The number of hydrogen-bond acceptors (Lipinski definition) is 6. The third-order valence-electron chi connectivity index (χ3n) is 8.33. The van der Waals surface area contributed by atoms with Crippen molar-refractivity contribution in [2.45, 2.75) is 55.6 Å². The first-order valence-corrected chi connectivity index (χ1v) is 17.0. The van der Waals surface area contributed by atoms with E-state index in [1.807, 2.05) is 41.3 Å². The van der Waals surface area contributed by atoms with Gasteiger partial charge in [0, 0.05) is 39.3 Å². The quantitative estimate of drug-likeness (QED) is 0.240. The zero-order valence-electron chi connectivity index (χ0n) is 23.8. The Morgan fingerprint density at radius 3 is 2.32 bits per heavy atom. The zero-order valence-corrected chi connectivity index (χ0v) is 25.4. The topological polar surface area (TPSA) is 70.2 Å². The molecular formula is C32H41N3O4S2. The van der Waals surface area contributed by atoms with Crippen LogP contribution in [0.5, 0.6) is 0 Å². The van der Waals surface area contributed by atoms with Gasteiger partial charge < -0.3 is 14.5 Å². The van der Waals surface area contributed by atoms with E-state index in [4.69, 9.17) is 4.74 Å². The molecule has 1 saturated heterocycles. The standard InChI is InChI=1S/C32H41N3O4S2/c1-33(41(37,38)31-10-6-3-7-11-31)23-28(29-17-21-40-25-29)14-18-34-19-15-30(16-20-34)35(22-26-12-13-26)32(36)39-24-27-8-4-2-5-9-27/h2-11,17,21,25-26,28,30H,12-16,18-20,22-24H2,1H3. The lowest BCUT2D eigenvalue weighted by atomic mass is 9.97. The molecule has 1 saturated carbocycles. The van der Waals surface area contributed by atoms with Crippen molar-refractivity contribution in [3.63, 3.8) is 0 Å². The second-order valence-electron chi connectivity index (χ2n) is 11.3. The van der Waals surface area contributed by atoms with Crippen molar-refractivity contribution in [3.05, 3.63) is 88.6 Å². The molecule has 9 heteroatoms. The van der Waals surface area contributed by atoms with Gasteiger partial charge in [-0.05, 0) is 90.6 Å². The first kappa shape index (κ1) is 29.8. The van der Waals surface area contributed by atoms with E-state index in [1.165, 1.54) is 22.7 Å². The molecule has 41 heavy (non-hydrogen) atoms. The zero-order chi connectivity index (χ0) is 28.7. The van der Waals surface area contributed by atoms with Gasteiger partial charge in [-0.15, -0.1) is 0 Å². The summed E-state index contributed by atoms with van der Waals surface area (Å²) in [4.78, 5) is 17.9. The van der Waals surface area contributed by atoms with Crippen LogP contribution in [0.25, 0.3) is 0 Å². The van der Waals surface area contributed by atoms with Gasteiger partial charge in [-0.1, -0.05) is 48.5 Å². The molecule has 2 aliphatic rings. The van der Waals surface area contributed by atoms with Gasteiger partial charge in [-0.25, -0.2) is 17.5 Å². The molecule has 7 nitrogen and oxygen atoms in total. The van der Waals surface area contributed by atoms with E-state index in [-0.39, 0.29) is 18.1 Å². The monoisotopic (exact) mass is 595 g/mol. The Bertz CT molecular complexity index is 1320. The van der Waals surface area contributed by atoms with Crippen LogP contribution in [-0.2, 0) is 21.4 Å². The number of likely N-dealkylation sites (N-methyl/N-ethyl adjacent to an activating group) is 1. The van der Waals surface area contributed by atoms with E-state index in [2.05, 4.69) is 21.7 Å². The summed E-state index contributed by atoms with van der Waals surface area (Å²) in [5, 5.41) is 4.20. The number of carbonyl (C=O) groups excluding carboxylic acids is 1. The SMILES string of the molecule is CN(CC(CCN1CCC(N(CC2CC2)C(=O)OCc2ccccc2)CC1)c1ccsc1)S(=O)(=O)c1ccccc1. The molecule has 1 aliphatic heterocycles.